The Kier molecular flexibility index (Phi) is 11.3. The van der Waals surface area contributed by atoms with Crippen LogP contribution in [0.25, 0.3) is 0 Å². The van der Waals surface area contributed by atoms with E-state index in [-0.39, 0.29) is 30.1 Å². The van der Waals surface area contributed by atoms with Crippen molar-refractivity contribution in [2.24, 2.45) is 10.9 Å². The van der Waals surface area contributed by atoms with Crippen LogP contribution in [0.1, 0.15) is 51.7 Å². The largest absolute Gasteiger partial charge is 0.393 e. The van der Waals surface area contributed by atoms with Crippen LogP contribution in [0.15, 0.2) is 29.3 Å². The quantitative estimate of drug-likeness (QED) is 0.313. The molecule has 1 aliphatic heterocycles. The normalized spacial score (nSPS) is 17.5. The fraction of sp³-hybridized carbons (Fsp3) is 0.667. The zero-order valence-corrected chi connectivity index (χ0v) is 19.6. The van der Waals surface area contributed by atoms with Crippen molar-refractivity contribution in [3.8, 4) is 0 Å². The zero-order chi connectivity index (χ0) is 18.9. The minimum Gasteiger partial charge on any atom is -0.393 e. The number of aliphatic imine (C=N–C) groups is 1. The molecule has 0 saturated carbocycles. The third-order valence-electron chi connectivity index (χ3n) is 5.11. The van der Waals surface area contributed by atoms with E-state index in [2.05, 4.69) is 67.5 Å². The molecule has 1 fully saturated rings. The molecular weight excluding hydrogens is 451 g/mol. The van der Waals surface area contributed by atoms with Crippen LogP contribution in [-0.4, -0.2) is 47.7 Å². The second-order valence-electron chi connectivity index (χ2n) is 7.70. The standard InChI is InChI=1S/C21H36N4O.HI/c1-5-22-21(24-17(4)16(2)3)23-14-18-6-8-19(9-7-18)15-25-12-10-20(26)11-13-25;/h6-9,16-17,20,26H,5,10-15H2,1-4H3,(H2,22,23,24);1H. The van der Waals surface area contributed by atoms with E-state index in [1.165, 1.54) is 11.1 Å². The highest BCUT2D eigenvalue weighted by molar-refractivity contribution is 14.0. The summed E-state index contributed by atoms with van der Waals surface area (Å²) >= 11 is 0. The summed E-state index contributed by atoms with van der Waals surface area (Å²) in [6.45, 7) is 13.2. The highest BCUT2D eigenvalue weighted by Gasteiger charge is 2.16. The number of aliphatic hydroxyl groups is 1. The fourth-order valence-corrected chi connectivity index (χ4v) is 2.96. The van der Waals surface area contributed by atoms with Gasteiger partial charge in [0.1, 0.15) is 0 Å². The van der Waals surface area contributed by atoms with Crippen molar-refractivity contribution in [1.29, 1.82) is 0 Å². The SMILES string of the molecule is CCNC(=NCc1ccc(CN2CCC(O)CC2)cc1)NC(C)C(C)C.I. The van der Waals surface area contributed by atoms with Gasteiger partial charge >= 0.3 is 0 Å². The van der Waals surface area contributed by atoms with Crippen molar-refractivity contribution in [2.45, 2.75) is 65.8 Å². The molecule has 1 saturated heterocycles. The first kappa shape index (κ1) is 24.2. The molecule has 1 aliphatic rings. The predicted octanol–water partition coefficient (Wildman–Crippen LogP) is 3.36. The first-order valence-corrected chi connectivity index (χ1v) is 10.0. The van der Waals surface area contributed by atoms with E-state index < -0.39 is 0 Å². The summed E-state index contributed by atoms with van der Waals surface area (Å²) in [5.41, 5.74) is 2.55. The third-order valence-corrected chi connectivity index (χ3v) is 5.11. The molecule has 5 nitrogen and oxygen atoms in total. The average Bonchev–Trinajstić information content (AvgIpc) is 2.63. The molecule has 3 N–H and O–H groups in total. The van der Waals surface area contributed by atoms with Crippen molar-refractivity contribution >= 4 is 29.9 Å². The average molecular weight is 488 g/mol. The number of aliphatic hydroxyl groups excluding tert-OH is 1. The molecule has 0 aliphatic carbocycles. The van der Waals surface area contributed by atoms with Gasteiger partial charge in [0.15, 0.2) is 5.96 Å². The summed E-state index contributed by atoms with van der Waals surface area (Å²) in [6.07, 6.45) is 1.67. The van der Waals surface area contributed by atoms with Gasteiger partial charge in [0.2, 0.25) is 0 Å². The number of rotatable bonds is 7. The van der Waals surface area contributed by atoms with Crippen LogP contribution in [0.3, 0.4) is 0 Å². The Morgan fingerprint density at radius 3 is 2.30 bits per heavy atom. The minimum atomic E-state index is -0.107. The molecule has 0 spiro atoms. The number of hydrogen-bond acceptors (Lipinski definition) is 3. The number of piperidine rings is 1. The summed E-state index contributed by atoms with van der Waals surface area (Å²) < 4.78 is 0. The molecular formula is C21H37IN4O. The van der Waals surface area contributed by atoms with Crippen LogP contribution in [0.5, 0.6) is 0 Å². The number of likely N-dealkylation sites (tertiary alicyclic amines) is 1. The Morgan fingerprint density at radius 1 is 1.15 bits per heavy atom. The van der Waals surface area contributed by atoms with Gasteiger partial charge in [-0.3, -0.25) is 4.90 Å². The zero-order valence-electron chi connectivity index (χ0n) is 17.2. The minimum absolute atomic E-state index is 0. The number of halogens is 1. The van der Waals surface area contributed by atoms with E-state index in [1.54, 1.807) is 0 Å². The van der Waals surface area contributed by atoms with Crippen molar-refractivity contribution in [1.82, 2.24) is 15.5 Å². The van der Waals surface area contributed by atoms with Crippen molar-refractivity contribution in [3.63, 3.8) is 0 Å². The van der Waals surface area contributed by atoms with E-state index in [4.69, 9.17) is 4.99 Å². The Hall–Kier alpha value is -0.860. The molecule has 0 aromatic heterocycles. The van der Waals surface area contributed by atoms with Crippen LogP contribution in [-0.2, 0) is 13.1 Å². The Bertz CT molecular complexity index is 554. The van der Waals surface area contributed by atoms with E-state index in [9.17, 15) is 5.11 Å². The van der Waals surface area contributed by atoms with Crippen LogP contribution in [0.4, 0.5) is 0 Å². The lowest BCUT2D eigenvalue weighted by Gasteiger charge is -2.29. The number of nitrogens with one attached hydrogen (secondary N) is 2. The van der Waals surface area contributed by atoms with E-state index in [0.717, 1.165) is 45.0 Å². The van der Waals surface area contributed by atoms with Crippen LogP contribution < -0.4 is 10.6 Å². The Labute approximate surface area is 182 Å². The number of guanidine groups is 1. The van der Waals surface area contributed by atoms with Gasteiger partial charge in [-0.1, -0.05) is 38.1 Å². The smallest absolute Gasteiger partial charge is 0.191 e. The molecule has 27 heavy (non-hydrogen) atoms. The lowest BCUT2D eigenvalue weighted by molar-refractivity contribution is 0.0792. The van der Waals surface area contributed by atoms with Crippen molar-refractivity contribution in [2.75, 3.05) is 19.6 Å². The molecule has 2 rings (SSSR count). The summed E-state index contributed by atoms with van der Waals surface area (Å²) in [5, 5.41) is 16.4. The predicted molar refractivity (Wildman–Crippen MR) is 125 cm³/mol. The van der Waals surface area contributed by atoms with Crippen molar-refractivity contribution < 1.29 is 5.11 Å². The maximum absolute atomic E-state index is 9.61. The molecule has 154 valence electrons. The van der Waals surface area contributed by atoms with Gasteiger partial charge in [0.25, 0.3) is 0 Å². The van der Waals surface area contributed by atoms with Crippen LogP contribution in [0, 0.1) is 5.92 Å². The molecule has 1 aromatic rings. The second kappa shape index (κ2) is 12.6. The number of hydrogen-bond donors (Lipinski definition) is 3. The Morgan fingerprint density at radius 2 is 1.74 bits per heavy atom. The highest BCUT2D eigenvalue weighted by atomic mass is 127. The summed E-state index contributed by atoms with van der Waals surface area (Å²) in [7, 11) is 0. The van der Waals surface area contributed by atoms with Gasteiger partial charge in [-0.25, -0.2) is 4.99 Å². The molecule has 1 aromatic carbocycles. The maximum atomic E-state index is 9.61. The first-order valence-electron chi connectivity index (χ1n) is 10.0. The molecule has 1 unspecified atom stereocenters. The molecule has 0 amide bonds. The van der Waals surface area contributed by atoms with Crippen LogP contribution in [0.2, 0.25) is 0 Å². The van der Waals surface area contributed by atoms with E-state index in [1.807, 2.05) is 0 Å². The highest BCUT2D eigenvalue weighted by Crippen LogP contribution is 2.14. The molecule has 1 atom stereocenters. The summed E-state index contributed by atoms with van der Waals surface area (Å²) in [5.74, 6) is 1.44. The Balaban J connectivity index is 0.00000364. The molecule has 0 radical (unpaired) electrons. The van der Waals surface area contributed by atoms with Gasteiger partial charge in [-0.05, 0) is 43.7 Å². The second-order valence-corrected chi connectivity index (χ2v) is 7.70. The fourth-order valence-electron chi connectivity index (χ4n) is 2.96. The maximum Gasteiger partial charge on any atom is 0.191 e. The molecule has 6 heteroatoms. The van der Waals surface area contributed by atoms with Crippen molar-refractivity contribution in [3.05, 3.63) is 35.4 Å². The molecule has 0 bridgehead atoms. The monoisotopic (exact) mass is 488 g/mol. The van der Waals surface area contributed by atoms with Gasteiger partial charge in [-0.15, -0.1) is 24.0 Å². The van der Waals surface area contributed by atoms with Gasteiger partial charge in [0.05, 0.1) is 12.6 Å². The lowest BCUT2D eigenvalue weighted by Crippen LogP contribution is -2.44. The van der Waals surface area contributed by atoms with Crippen LogP contribution >= 0.6 is 24.0 Å². The van der Waals surface area contributed by atoms with Gasteiger partial charge < -0.3 is 15.7 Å². The van der Waals surface area contributed by atoms with Gasteiger partial charge in [0, 0.05) is 32.2 Å². The number of benzene rings is 1. The third kappa shape index (κ3) is 8.79. The first-order chi connectivity index (χ1) is 12.5. The topological polar surface area (TPSA) is 59.9 Å². The van der Waals surface area contributed by atoms with E-state index in [0.29, 0.717) is 18.5 Å². The van der Waals surface area contributed by atoms with E-state index >= 15 is 0 Å². The summed E-state index contributed by atoms with van der Waals surface area (Å²) in [6, 6.07) is 9.14. The lowest BCUT2D eigenvalue weighted by atomic mass is 10.1. The number of nitrogens with zero attached hydrogens (tertiary/aromatic N) is 2. The summed E-state index contributed by atoms with van der Waals surface area (Å²) in [4.78, 5) is 7.13. The molecule has 1 heterocycles. The van der Waals surface area contributed by atoms with Gasteiger partial charge in [-0.2, -0.15) is 0 Å².